The van der Waals surface area contributed by atoms with Crippen LogP contribution in [0.25, 0.3) is 0 Å². The summed E-state index contributed by atoms with van der Waals surface area (Å²) in [5.41, 5.74) is 0.358. The minimum Gasteiger partial charge on any atom is -0.396 e. The van der Waals surface area contributed by atoms with Gasteiger partial charge in [-0.15, -0.1) is 0 Å². The Kier molecular flexibility index (Phi) is 5.86. The maximum absolute atomic E-state index is 12.3. The minimum atomic E-state index is -3.70. The van der Waals surface area contributed by atoms with Crippen LogP contribution in [0.4, 0.5) is 0 Å². The molecule has 112 valence electrons. The average molecular weight is 299 g/mol. The molecule has 1 aromatic carbocycles. The molecular formula is C14H21NO4S. The first kappa shape index (κ1) is 16.8. The highest BCUT2D eigenvalue weighted by Gasteiger charge is 2.22. The minimum absolute atomic E-state index is 0.0629. The first-order chi connectivity index (χ1) is 9.27. The monoisotopic (exact) mass is 299 g/mol. The number of carbonyl (C=O) groups is 1. The largest absolute Gasteiger partial charge is 0.396 e. The van der Waals surface area contributed by atoms with Crippen LogP contribution >= 0.6 is 0 Å². The summed E-state index contributed by atoms with van der Waals surface area (Å²) < 4.78 is 27.2. The van der Waals surface area contributed by atoms with E-state index < -0.39 is 10.0 Å². The molecule has 0 spiro atoms. The van der Waals surface area contributed by atoms with E-state index in [4.69, 9.17) is 5.11 Å². The van der Waals surface area contributed by atoms with Gasteiger partial charge in [-0.2, -0.15) is 0 Å². The highest BCUT2D eigenvalue weighted by Crippen LogP contribution is 2.15. The average Bonchev–Trinajstić information content (AvgIpc) is 2.38. The van der Waals surface area contributed by atoms with Crippen molar-refractivity contribution in [2.24, 2.45) is 5.92 Å². The van der Waals surface area contributed by atoms with E-state index >= 15 is 0 Å². The van der Waals surface area contributed by atoms with E-state index in [0.29, 0.717) is 12.0 Å². The van der Waals surface area contributed by atoms with Crippen molar-refractivity contribution in [3.63, 3.8) is 0 Å². The summed E-state index contributed by atoms with van der Waals surface area (Å²) in [6.07, 6.45) is 0.350. The van der Waals surface area contributed by atoms with E-state index in [9.17, 15) is 13.2 Å². The van der Waals surface area contributed by atoms with Crippen LogP contribution in [-0.4, -0.2) is 32.0 Å². The smallest absolute Gasteiger partial charge is 0.240 e. The number of hydrogen-bond donors (Lipinski definition) is 2. The molecule has 5 nitrogen and oxygen atoms in total. The zero-order chi connectivity index (χ0) is 15.3. The summed E-state index contributed by atoms with van der Waals surface area (Å²) in [4.78, 5) is 11.4. The van der Waals surface area contributed by atoms with Gasteiger partial charge in [0.2, 0.25) is 10.0 Å². The molecule has 0 fully saturated rings. The number of sulfonamides is 1. The molecule has 0 bridgehead atoms. The number of rotatable bonds is 7. The zero-order valence-corrected chi connectivity index (χ0v) is 12.8. The van der Waals surface area contributed by atoms with E-state index in [1.54, 1.807) is 12.1 Å². The number of hydrogen-bond acceptors (Lipinski definition) is 4. The van der Waals surface area contributed by atoms with Crippen LogP contribution in [0.1, 0.15) is 37.6 Å². The van der Waals surface area contributed by atoms with Crippen LogP contribution in [-0.2, 0) is 10.0 Å². The van der Waals surface area contributed by atoms with Crippen molar-refractivity contribution < 1.29 is 18.3 Å². The molecule has 1 aromatic rings. The molecule has 1 unspecified atom stereocenters. The summed E-state index contributed by atoms with van der Waals surface area (Å²) in [5, 5.41) is 8.99. The topological polar surface area (TPSA) is 83.5 Å². The van der Waals surface area contributed by atoms with Gasteiger partial charge in [0.05, 0.1) is 4.90 Å². The summed E-state index contributed by atoms with van der Waals surface area (Å²) >= 11 is 0. The number of aliphatic hydroxyl groups excluding tert-OH is 1. The molecule has 0 amide bonds. The van der Waals surface area contributed by atoms with Crippen molar-refractivity contribution in [1.82, 2.24) is 4.72 Å². The molecule has 20 heavy (non-hydrogen) atoms. The van der Waals surface area contributed by atoms with E-state index in [2.05, 4.69) is 4.72 Å². The van der Waals surface area contributed by atoms with Crippen molar-refractivity contribution in [2.45, 2.75) is 38.1 Å². The third-order valence-corrected chi connectivity index (χ3v) is 4.59. The molecule has 6 heteroatoms. The number of Topliss-reactive ketones (excluding diaryl/α,β-unsaturated/α-hetero) is 1. The van der Waals surface area contributed by atoms with Gasteiger partial charge in [-0.25, -0.2) is 13.1 Å². The molecule has 1 atom stereocenters. The Morgan fingerprint density at radius 2 is 2.00 bits per heavy atom. The van der Waals surface area contributed by atoms with E-state index in [1.165, 1.54) is 19.1 Å². The molecule has 0 aliphatic heterocycles. The predicted octanol–water partition coefficient (Wildman–Crippen LogP) is 1.57. The van der Waals surface area contributed by atoms with Crippen LogP contribution in [0.5, 0.6) is 0 Å². The first-order valence-corrected chi connectivity index (χ1v) is 8.00. The van der Waals surface area contributed by atoms with Crippen LogP contribution < -0.4 is 4.72 Å². The molecule has 0 radical (unpaired) electrons. The number of aliphatic hydroxyl groups is 1. The lowest BCUT2D eigenvalue weighted by Crippen LogP contribution is -2.39. The van der Waals surface area contributed by atoms with Crippen LogP contribution in [0.2, 0.25) is 0 Å². The van der Waals surface area contributed by atoms with E-state index in [1.807, 2.05) is 13.8 Å². The highest BCUT2D eigenvalue weighted by atomic mass is 32.2. The number of ketones is 1. The van der Waals surface area contributed by atoms with Gasteiger partial charge >= 0.3 is 0 Å². The Bertz CT molecular complexity index is 566. The number of benzene rings is 1. The molecule has 0 aromatic heterocycles. The standard InChI is InChI=1S/C14H21NO4S/c1-10(2)14(7-8-16)15-20(18,19)13-6-4-5-12(9-13)11(3)17/h4-6,9-10,14-16H,7-8H2,1-3H3. The second-order valence-electron chi connectivity index (χ2n) is 5.07. The molecule has 1 rings (SSSR count). The van der Waals surface area contributed by atoms with Crippen LogP contribution in [0.3, 0.4) is 0 Å². The lowest BCUT2D eigenvalue weighted by atomic mass is 10.0. The van der Waals surface area contributed by atoms with Gasteiger partial charge in [-0.1, -0.05) is 26.0 Å². The second-order valence-corrected chi connectivity index (χ2v) is 6.78. The lowest BCUT2D eigenvalue weighted by Gasteiger charge is -2.21. The van der Waals surface area contributed by atoms with Gasteiger partial charge in [0, 0.05) is 18.2 Å². The number of carbonyl (C=O) groups excluding carboxylic acids is 1. The van der Waals surface area contributed by atoms with Gasteiger partial charge in [0.15, 0.2) is 5.78 Å². The lowest BCUT2D eigenvalue weighted by molar-refractivity contribution is 0.101. The van der Waals surface area contributed by atoms with Crippen molar-refractivity contribution in [3.8, 4) is 0 Å². The van der Waals surface area contributed by atoms with Crippen molar-refractivity contribution in [3.05, 3.63) is 29.8 Å². The molecule has 0 saturated carbocycles. The van der Waals surface area contributed by atoms with Crippen molar-refractivity contribution in [2.75, 3.05) is 6.61 Å². The maximum atomic E-state index is 12.3. The molecule has 0 saturated heterocycles. The molecule has 0 heterocycles. The normalized spacial score (nSPS) is 13.4. The third-order valence-electron chi connectivity index (χ3n) is 3.10. The molecular weight excluding hydrogens is 278 g/mol. The Balaban J connectivity index is 3.04. The van der Waals surface area contributed by atoms with E-state index in [-0.39, 0.29) is 29.2 Å². The summed E-state index contributed by atoms with van der Waals surface area (Å²) in [6, 6.07) is 5.59. The quantitative estimate of drug-likeness (QED) is 0.749. The fourth-order valence-corrected chi connectivity index (χ4v) is 3.28. The zero-order valence-electron chi connectivity index (χ0n) is 12.0. The highest BCUT2D eigenvalue weighted by molar-refractivity contribution is 7.89. The van der Waals surface area contributed by atoms with Crippen molar-refractivity contribution in [1.29, 1.82) is 0 Å². The summed E-state index contributed by atoms with van der Waals surface area (Å²) in [6.45, 7) is 5.07. The Labute approximate surface area is 120 Å². The fraction of sp³-hybridized carbons (Fsp3) is 0.500. The van der Waals surface area contributed by atoms with Crippen molar-refractivity contribution >= 4 is 15.8 Å². The Morgan fingerprint density at radius 3 is 2.50 bits per heavy atom. The van der Waals surface area contributed by atoms with Gasteiger partial charge in [-0.3, -0.25) is 4.79 Å². The summed E-state index contributed by atoms with van der Waals surface area (Å²) in [7, 11) is -3.70. The maximum Gasteiger partial charge on any atom is 0.240 e. The van der Waals surface area contributed by atoms with Gasteiger partial charge in [-0.05, 0) is 31.4 Å². The first-order valence-electron chi connectivity index (χ1n) is 6.52. The number of nitrogens with one attached hydrogen (secondary N) is 1. The second kappa shape index (κ2) is 6.97. The fourth-order valence-electron chi connectivity index (χ4n) is 1.82. The molecule has 0 aliphatic rings. The van der Waals surface area contributed by atoms with Gasteiger partial charge in [0.1, 0.15) is 0 Å². The van der Waals surface area contributed by atoms with Crippen LogP contribution in [0.15, 0.2) is 29.2 Å². The van der Waals surface area contributed by atoms with Crippen LogP contribution in [0, 0.1) is 5.92 Å². The Morgan fingerprint density at radius 1 is 1.35 bits per heavy atom. The summed E-state index contributed by atoms with van der Waals surface area (Å²) in [5.74, 6) is -0.120. The predicted molar refractivity (Wildman–Crippen MR) is 77.1 cm³/mol. The third kappa shape index (κ3) is 4.40. The molecule has 2 N–H and O–H groups in total. The SMILES string of the molecule is CC(=O)c1cccc(S(=O)(=O)NC(CCO)C(C)C)c1. The van der Waals surface area contributed by atoms with Gasteiger partial charge < -0.3 is 5.11 Å². The van der Waals surface area contributed by atoms with E-state index in [0.717, 1.165) is 0 Å². The van der Waals surface area contributed by atoms with Gasteiger partial charge in [0.25, 0.3) is 0 Å². The molecule has 0 aliphatic carbocycles. The Hall–Kier alpha value is -1.24.